The van der Waals surface area contributed by atoms with Gasteiger partial charge in [0.1, 0.15) is 17.3 Å². The van der Waals surface area contributed by atoms with Crippen LogP contribution in [0.4, 0.5) is 5.69 Å². The number of aryl methyl sites for hydroxylation is 2. The van der Waals surface area contributed by atoms with Crippen molar-refractivity contribution in [1.29, 1.82) is 0 Å². The van der Waals surface area contributed by atoms with E-state index >= 15 is 0 Å². The molecule has 0 saturated carbocycles. The van der Waals surface area contributed by atoms with E-state index in [1.807, 2.05) is 62.4 Å². The fourth-order valence-electron chi connectivity index (χ4n) is 2.09. The molecule has 0 spiro atoms. The fraction of sp³-hybridized carbons (Fsp3) is 0.158. The number of aromatic nitrogens is 1. The summed E-state index contributed by atoms with van der Waals surface area (Å²) < 4.78 is 11.2. The largest absolute Gasteiger partial charge is 0.457 e. The molecule has 0 bridgehead atoms. The van der Waals surface area contributed by atoms with Crippen LogP contribution >= 0.6 is 11.8 Å². The molecule has 6 heteroatoms. The van der Waals surface area contributed by atoms with Gasteiger partial charge in [0.25, 0.3) is 5.22 Å². The van der Waals surface area contributed by atoms with Crippen LogP contribution < -0.4 is 10.1 Å². The van der Waals surface area contributed by atoms with Crippen molar-refractivity contribution in [2.75, 3.05) is 11.1 Å². The molecule has 5 nitrogen and oxygen atoms in total. The van der Waals surface area contributed by atoms with Crippen LogP contribution in [0.3, 0.4) is 0 Å². The van der Waals surface area contributed by atoms with E-state index in [9.17, 15) is 4.79 Å². The molecule has 0 fully saturated rings. The summed E-state index contributed by atoms with van der Waals surface area (Å²) in [7, 11) is 0. The highest BCUT2D eigenvalue weighted by molar-refractivity contribution is 7.99. The van der Waals surface area contributed by atoms with Crippen LogP contribution in [0.1, 0.15) is 11.5 Å². The highest BCUT2D eigenvalue weighted by atomic mass is 32.2. The van der Waals surface area contributed by atoms with E-state index in [-0.39, 0.29) is 11.7 Å². The average Bonchev–Trinajstić information content (AvgIpc) is 2.92. The number of carbonyl (C=O) groups excluding carboxylic acids is 1. The van der Waals surface area contributed by atoms with Gasteiger partial charge in [0.2, 0.25) is 5.91 Å². The molecule has 128 valence electrons. The van der Waals surface area contributed by atoms with Crippen molar-refractivity contribution in [3.63, 3.8) is 0 Å². The van der Waals surface area contributed by atoms with Gasteiger partial charge in [0, 0.05) is 11.8 Å². The minimum Gasteiger partial charge on any atom is -0.457 e. The van der Waals surface area contributed by atoms with E-state index in [0.717, 1.165) is 17.2 Å². The molecule has 0 radical (unpaired) electrons. The van der Waals surface area contributed by atoms with E-state index in [2.05, 4.69) is 10.3 Å². The number of hydrogen-bond acceptors (Lipinski definition) is 5. The van der Waals surface area contributed by atoms with Gasteiger partial charge in [0.15, 0.2) is 0 Å². The number of nitrogens with one attached hydrogen (secondary N) is 1. The second kappa shape index (κ2) is 7.90. The number of carbonyl (C=O) groups is 1. The molecular weight excluding hydrogens is 336 g/mol. The van der Waals surface area contributed by atoms with Crippen molar-refractivity contribution in [2.24, 2.45) is 0 Å². The third kappa shape index (κ3) is 4.87. The van der Waals surface area contributed by atoms with Gasteiger partial charge in [-0.15, -0.1) is 0 Å². The van der Waals surface area contributed by atoms with E-state index in [1.165, 1.54) is 11.8 Å². The molecule has 3 aromatic rings. The second-order valence-corrected chi connectivity index (χ2v) is 6.33. The van der Waals surface area contributed by atoms with Crippen LogP contribution in [-0.2, 0) is 4.79 Å². The fourth-order valence-corrected chi connectivity index (χ4v) is 2.80. The number of hydrogen-bond donors (Lipinski definition) is 1. The summed E-state index contributed by atoms with van der Waals surface area (Å²) in [4.78, 5) is 16.4. The maximum absolute atomic E-state index is 12.1. The summed E-state index contributed by atoms with van der Waals surface area (Å²) in [6.07, 6.45) is 0. The lowest BCUT2D eigenvalue weighted by atomic mass is 10.3. The van der Waals surface area contributed by atoms with E-state index in [1.54, 1.807) is 6.07 Å². The van der Waals surface area contributed by atoms with Crippen molar-refractivity contribution in [3.8, 4) is 11.5 Å². The Morgan fingerprint density at radius 2 is 1.88 bits per heavy atom. The van der Waals surface area contributed by atoms with Crippen LogP contribution in [0.25, 0.3) is 0 Å². The highest BCUT2D eigenvalue weighted by Gasteiger charge is 2.10. The molecule has 0 aliphatic heterocycles. The lowest BCUT2D eigenvalue weighted by molar-refractivity contribution is -0.113. The van der Waals surface area contributed by atoms with Crippen LogP contribution in [0.2, 0.25) is 0 Å². The number of amides is 1. The first-order chi connectivity index (χ1) is 12.1. The molecule has 0 unspecified atom stereocenters. The summed E-state index contributed by atoms with van der Waals surface area (Å²) in [6, 6.07) is 16.8. The second-order valence-electron chi connectivity index (χ2n) is 5.40. The number of anilines is 1. The molecule has 25 heavy (non-hydrogen) atoms. The first kappa shape index (κ1) is 17.1. The Balaban J connectivity index is 1.57. The van der Waals surface area contributed by atoms with Gasteiger partial charge >= 0.3 is 0 Å². The molecule has 1 heterocycles. The molecule has 2 aromatic carbocycles. The Morgan fingerprint density at radius 1 is 1.12 bits per heavy atom. The summed E-state index contributed by atoms with van der Waals surface area (Å²) >= 11 is 1.27. The number of benzene rings is 2. The Bertz CT molecular complexity index is 843. The normalized spacial score (nSPS) is 10.5. The molecule has 0 atom stereocenters. The molecule has 1 aromatic heterocycles. The quantitative estimate of drug-likeness (QED) is 0.643. The first-order valence-electron chi connectivity index (χ1n) is 7.80. The van der Waals surface area contributed by atoms with E-state index in [0.29, 0.717) is 16.7 Å². The third-order valence-corrected chi connectivity index (χ3v) is 4.26. The van der Waals surface area contributed by atoms with Gasteiger partial charge in [-0.1, -0.05) is 36.0 Å². The standard InChI is InChI=1S/C19H18N2O3S/c1-13-14(2)23-19(20-13)25-12-18(22)21-15-7-6-10-17(11-15)24-16-8-4-3-5-9-16/h3-11H,12H2,1-2H3,(H,21,22). The number of para-hydroxylation sites is 1. The number of thioether (sulfide) groups is 1. The van der Waals surface area contributed by atoms with Gasteiger partial charge in [-0.25, -0.2) is 4.98 Å². The molecule has 3 rings (SSSR count). The zero-order valence-electron chi connectivity index (χ0n) is 14.0. The van der Waals surface area contributed by atoms with Gasteiger partial charge in [-0.2, -0.15) is 0 Å². The van der Waals surface area contributed by atoms with Gasteiger partial charge in [0.05, 0.1) is 11.4 Å². The number of oxazole rings is 1. The van der Waals surface area contributed by atoms with Crippen LogP contribution in [0.5, 0.6) is 11.5 Å². The van der Waals surface area contributed by atoms with Crippen LogP contribution in [0.15, 0.2) is 64.2 Å². The number of ether oxygens (including phenoxy) is 1. The lowest BCUT2D eigenvalue weighted by Crippen LogP contribution is -2.13. The Kier molecular flexibility index (Phi) is 5.40. The number of nitrogens with zero attached hydrogens (tertiary/aromatic N) is 1. The predicted octanol–water partition coefficient (Wildman–Crippen LogP) is 4.81. The molecule has 0 aliphatic rings. The van der Waals surface area contributed by atoms with E-state index < -0.39 is 0 Å². The molecule has 0 saturated heterocycles. The smallest absolute Gasteiger partial charge is 0.256 e. The Morgan fingerprint density at radius 3 is 2.60 bits per heavy atom. The molecule has 1 amide bonds. The third-order valence-electron chi connectivity index (χ3n) is 3.43. The predicted molar refractivity (Wildman–Crippen MR) is 98.3 cm³/mol. The minimum absolute atomic E-state index is 0.129. The van der Waals surface area contributed by atoms with Crippen molar-refractivity contribution in [1.82, 2.24) is 4.98 Å². The van der Waals surface area contributed by atoms with Crippen molar-refractivity contribution in [2.45, 2.75) is 19.1 Å². The average molecular weight is 354 g/mol. The zero-order valence-corrected chi connectivity index (χ0v) is 14.8. The molecule has 0 aliphatic carbocycles. The van der Waals surface area contributed by atoms with Gasteiger partial charge in [-0.05, 0) is 38.1 Å². The zero-order chi connectivity index (χ0) is 17.6. The summed E-state index contributed by atoms with van der Waals surface area (Å²) in [5.74, 6) is 2.28. The highest BCUT2D eigenvalue weighted by Crippen LogP contribution is 2.24. The van der Waals surface area contributed by atoms with Gasteiger partial charge < -0.3 is 14.5 Å². The monoisotopic (exact) mass is 354 g/mol. The topological polar surface area (TPSA) is 64.4 Å². The SMILES string of the molecule is Cc1nc(SCC(=O)Nc2cccc(Oc3ccccc3)c2)oc1C. The Hall–Kier alpha value is -2.73. The first-order valence-corrected chi connectivity index (χ1v) is 8.78. The van der Waals surface area contributed by atoms with Gasteiger partial charge in [-0.3, -0.25) is 4.79 Å². The van der Waals surface area contributed by atoms with Crippen molar-refractivity contribution >= 4 is 23.4 Å². The van der Waals surface area contributed by atoms with E-state index in [4.69, 9.17) is 9.15 Å². The summed E-state index contributed by atoms with van der Waals surface area (Å²) in [6.45, 7) is 3.73. The Labute approximate surface area is 150 Å². The summed E-state index contributed by atoms with van der Waals surface area (Å²) in [5.41, 5.74) is 1.52. The summed E-state index contributed by atoms with van der Waals surface area (Å²) in [5, 5.41) is 3.36. The minimum atomic E-state index is -0.129. The maximum Gasteiger partial charge on any atom is 0.256 e. The molecular formula is C19H18N2O3S. The van der Waals surface area contributed by atoms with Crippen LogP contribution in [-0.4, -0.2) is 16.6 Å². The molecule has 1 N–H and O–H groups in total. The maximum atomic E-state index is 12.1. The lowest BCUT2D eigenvalue weighted by Gasteiger charge is -2.08. The van der Waals surface area contributed by atoms with Crippen LogP contribution in [0, 0.1) is 13.8 Å². The van der Waals surface area contributed by atoms with Crippen molar-refractivity contribution in [3.05, 3.63) is 66.1 Å². The van der Waals surface area contributed by atoms with Crippen molar-refractivity contribution < 1.29 is 13.9 Å². The number of rotatable bonds is 6.